The lowest BCUT2D eigenvalue weighted by atomic mass is 9.43. The average Bonchev–Trinajstić information content (AvgIpc) is 3.14. The van der Waals surface area contributed by atoms with Gasteiger partial charge in [0.25, 0.3) is 0 Å². The normalized spacial score (nSPS) is 62.7. The summed E-state index contributed by atoms with van der Waals surface area (Å²) in [6.45, 7) is 10.9. The Labute approximate surface area is 155 Å². The first-order valence-corrected chi connectivity index (χ1v) is 10.6. The number of nitrogens with zero attached hydrogens (tertiary/aromatic N) is 1. The topological polar surface area (TPSA) is 60.8 Å². The Morgan fingerprint density at radius 1 is 1.31 bits per heavy atom. The lowest BCUT2D eigenvalue weighted by molar-refractivity contribution is -0.211. The van der Waals surface area contributed by atoms with Gasteiger partial charge in [0.1, 0.15) is 5.78 Å². The molecule has 1 saturated heterocycles. The minimum Gasteiger partial charge on any atom is -0.392 e. The number of likely N-dealkylation sites (tertiary alicyclic amines) is 1. The van der Waals surface area contributed by atoms with E-state index in [1.54, 1.807) is 0 Å². The van der Waals surface area contributed by atoms with Crippen LogP contribution in [0.1, 0.15) is 46.0 Å². The van der Waals surface area contributed by atoms with Gasteiger partial charge < -0.3 is 10.2 Å². The molecule has 26 heavy (non-hydrogen) atoms. The van der Waals surface area contributed by atoms with E-state index in [1.165, 1.54) is 0 Å². The highest BCUT2D eigenvalue weighted by atomic mass is 16.3. The molecule has 0 radical (unpaired) electrons. The molecule has 2 spiro atoms. The maximum Gasteiger partial charge on any atom is 0.140 e. The summed E-state index contributed by atoms with van der Waals surface area (Å²) < 4.78 is 0. The van der Waals surface area contributed by atoms with E-state index in [0.29, 0.717) is 24.3 Å². The predicted molar refractivity (Wildman–Crippen MR) is 97.2 cm³/mol. The average molecular weight is 357 g/mol. The molecule has 3 unspecified atom stereocenters. The molecule has 1 heterocycles. The van der Waals surface area contributed by atoms with Crippen molar-refractivity contribution in [1.82, 2.24) is 4.90 Å². The number of Topliss-reactive ketones (excluding diaryl/α,β-unsaturated/α-hetero) is 1. The summed E-state index contributed by atoms with van der Waals surface area (Å²) >= 11 is 0. The van der Waals surface area contributed by atoms with Crippen LogP contribution in [0.25, 0.3) is 0 Å². The molecule has 2 N–H and O–H groups in total. The fraction of sp³-hybridized carbons (Fsp3) is 0.864. The second-order valence-electron chi connectivity index (χ2n) is 10.7. The molecule has 5 saturated carbocycles. The molecule has 4 heteroatoms. The van der Waals surface area contributed by atoms with Crippen molar-refractivity contribution in [3.05, 3.63) is 12.2 Å². The standard InChI is InChI=1S/C22H31NO3/c1-4-23-10-20(3)6-5-17(25)22-15(20)7-13(18(22)23)21-9-12(11(2)19(21)26)14(24)8-16(21)22/h12-13,15-19,25-26H,2,4-10H2,1,3H3/t12-,13+,15?,16?,17+,18?,19-,20+,21-,22+/m1/s1. The molecular formula is C22H31NO3. The number of ketones is 1. The van der Waals surface area contributed by atoms with Crippen molar-refractivity contribution in [3.8, 4) is 0 Å². The highest BCUT2D eigenvalue weighted by Crippen LogP contribution is 2.83. The van der Waals surface area contributed by atoms with Crippen LogP contribution in [0, 0.1) is 39.9 Å². The summed E-state index contributed by atoms with van der Waals surface area (Å²) in [5, 5.41) is 22.8. The van der Waals surface area contributed by atoms with E-state index in [2.05, 4.69) is 25.3 Å². The van der Waals surface area contributed by atoms with Gasteiger partial charge in [-0.25, -0.2) is 0 Å². The van der Waals surface area contributed by atoms with Gasteiger partial charge in [-0.15, -0.1) is 0 Å². The zero-order valence-corrected chi connectivity index (χ0v) is 15.9. The Bertz CT molecular complexity index is 735. The quantitative estimate of drug-likeness (QED) is 0.705. The molecule has 7 bridgehead atoms. The second kappa shape index (κ2) is 4.47. The molecule has 1 aliphatic heterocycles. The number of rotatable bonds is 1. The van der Waals surface area contributed by atoms with Crippen LogP contribution >= 0.6 is 0 Å². The molecule has 0 amide bonds. The number of piperidine rings is 1. The van der Waals surface area contributed by atoms with Gasteiger partial charge in [-0.2, -0.15) is 0 Å². The lowest BCUT2D eigenvalue weighted by Gasteiger charge is -2.65. The highest BCUT2D eigenvalue weighted by Gasteiger charge is 2.85. The monoisotopic (exact) mass is 357 g/mol. The number of carbonyl (C=O) groups is 1. The molecule has 0 aromatic heterocycles. The SMILES string of the molecule is C=C1[C@H]2C[C@@]3(C(CC2=O)[C@@]24C5[C@@H]3CC2[C@@](C)(CC[C@@H]4O)CN5CC)[C@@H]1O. The van der Waals surface area contributed by atoms with Gasteiger partial charge in [0.05, 0.1) is 12.2 Å². The van der Waals surface area contributed by atoms with Gasteiger partial charge >= 0.3 is 0 Å². The molecule has 142 valence electrons. The Kier molecular flexibility index (Phi) is 2.80. The van der Waals surface area contributed by atoms with Crippen molar-refractivity contribution in [2.75, 3.05) is 13.1 Å². The molecule has 0 aromatic rings. The van der Waals surface area contributed by atoms with Crippen molar-refractivity contribution in [1.29, 1.82) is 0 Å². The van der Waals surface area contributed by atoms with Crippen molar-refractivity contribution < 1.29 is 15.0 Å². The van der Waals surface area contributed by atoms with E-state index in [1.807, 2.05) is 0 Å². The van der Waals surface area contributed by atoms with Crippen molar-refractivity contribution >= 4 is 5.78 Å². The third kappa shape index (κ3) is 1.33. The van der Waals surface area contributed by atoms with E-state index in [4.69, 9.17) is 0 Å². The first-order chi connectivity index (χ1) is 12.3. The molecule has 0 aromatic carbocycles. The van der Waals surface area contributed by atoms with E-state index in [-0.39, 0.29) is 40.0 Å². The van der Waals surface area contributed by atoms with Gasteiger partial charge in [-0.1, -0.05) is 20.4 Å². The fourth-order valence-electron chi connectivity index (χ4n) is 9.75. The first kappa shape index (κ1) is 16.3. The summed E-state index contributed by atoms with van der Waals surface area (Å²) in [6, 6.07) is 0.331. The third-order valence-corrected chi connectivity index (χ3v) is 10.4. The van der Waals surface area contributed by atoms with Crippen LogP contribution in [0.15, 0.2) is 12.2 Å². The van der Waals surface area contributed by atoms with Crippen LogP contribution in [0.4, 0.5) is 0 Å². The summed E-state index contributed by atoms with van der Waals surface area (Å²) in [5.41, 5.74) is 0.598. The van der Waals surface area contributed by atoms with Crippen molar-refractivity contribution in [2.45, 2.75) is 64.2 Å². The van der Waals surface area contributed by atoms with Crippen molar-refractivity contribution in [2.24, 2.45) is 39.9 Å². The zero-order valence-electron chi connectivity index (χ0n) is 15.9. The molecule has 4 nitrogen and oxygen atoms in total. The van der Waals surface area contributed by atoms with Crippen LogP contribution in [0.3, 0.4) is 0 Å². The van der Waals surface area contributed by atoms with Gasteiger partial charge in [-0.05, 0) is 61.0 Å². The lowest BCUT2D eigenvalue weighted by Crippen LogP contribution is -2.68. The number of aliphatic hydroxyl groups is 2. The smallest absolute Gasteiger partial charge is 0.140 e. The van der Waals surface area contributed by atoms with E-state index in [9.17, 15) is 15.0 Å². The van der Waals surface area contributed by atoms with Gasteiger partial charge in [0.15, 0.2) is 0 Å². The fourth-order valence-corrected chi connectivity index (χ4v) is 9.75. The number of hydrogen-bond donors (Lipinski definition) is 2. The number of aliphatic hydroxyl groups excluding tert-OH is 2. The van der Waals surface area contributed by atoms with Crippen molar-refractivity contribution in [3.63, 3.8) is 0 Å². The molecule has 10 atom stereocenters. The minimum atomic E-state index is -0.561. The predicted octanol–water partition coefficient (Wildman–Crippen LogP) is 2.00. The summed E-state index contributed by atoms with van der Waals surface area (Å²) in [6.07, 6.45) is 3.50. The van der Waals surface area contributed by atoms with Crippen LogP contribution in [-0.4, -0.2) is 52.2 Å². The maximum atomic E-state index is 13.0. The Hall–Kier alpha value is -0.710. The summed E-state index contributed by atoms with van der Waals surface area (Å²) in [5.74, 6) is 1.16. The Morgan fingerprint density at radius 2 is 2.08 bits per heavy atom. The number of carbonyl (C=O) groups excluding carboxylic acids is 1. The first-order valence-electron chi connectivity index (χ1n) is 10.6. The summed E-state index contributed by atoms with van der Waals surface area (Å²) in [7, 11) is 0. The Balaban J connectivity index is 1.62. The number of fused-ring (bicyclic) bond motifs is 1. The van der Waals surface area contributed by atoms with E-state index in [0.717, 1.165) is 44.3 Å². The van der Waals surface area contributed by atoms with Crippen LogP contribution < -0.4 is 0 Å². The van der Waals surface area contributed by atoms with Crippen LogP contribution in [0.2, 0.25) is 0 Å². The zero-order chi connectivity index (χ0) is 18.2. The molecule has 6 fully saturated rings. The van der Waals surface area contributed by atoms with Gasteiger partial charge in [-0.3, -0.25) is 9.69 Å². The minimum absolute atomic E-state index is 0.130. The Morgan fingerprint density at radius 3 is 2.81 bits per heavy atom. The van der Waals surface area contributed by atoms with Gasteiger partial charge in [0.2, 0.25) is 0 Å². The van der Waals surface area contributed by atoms with Crippen LogP contribution in [-0.2, 0) is 4.79 Å². The number of hydrogen-bond acceptors (Lipinski definition) is 4. The molecule has 6 rings (SSSR count). The largest absolute Gasteiger partial charge is 0.392 e. The summed E-state index contributed by atoms with van der Waals surface area (Å²) in [4.78, 5) is 15.6. The third-order valence-electron chi connectivity index (χ3n) is 10.4. The molecular weight excluding hydrogens is 326 g/mol. The maximum absolute atomic E-state index is 13.0. The van der Waals surface area contributed by atoms with Gasteiger partial charge in [0, 0.05) is 35.8 Å². The highest BCUT2D eigenvalue weighted by molar-refractivity contribution is 5.87. The molecule has 6 aliphatic rings. The van der Waals surface area contributed by atoms with Crippen LogP contribution in [0.5, 0.6) is 0 Å². The van der Waals surface area contributed by atoms with E-state index >= 15 is 0 Å². The second-order valence-corrected chi connectivity index (χ2v) is 10.7. The van der Waals surface area contributed by atoms with E-state index < -0.39 is 6.10 Å². The molecule has 5 aliphatic carbocycles.